The Morgan fingerprint density at radius 2 is 1.76 bits per heavy atom. The average Bonchev–Trinajstić information content (AvgIpc) is 2.52. The molecule has 0 atom stereocenters. The van der Waals surface area contributed by atoms with E-state index in [9.17, 15) is 9.59 Å². The highest BCUT2D eigenvalue weighted by molar-refractivity contribution is 5.78. The van der Waals surface area contributed by atoms with Crippen molar-refractivity contribution < 1.29 is 9.59 Å². The number of nitrogens with one attached hydrogen (secondary N) is 2. The van der Waals surface area contributed by atoms with Crippen LogP contribution in [-0.4, -0.2) is 42.9 Å². The van der Waals surface area contributed by atoms with E-state index in [0.717, 1.165) is 18.7 Å². The number of rotatable bonds is 9. The van der Waals surface area contributed by atoms with Crippen LogP contribution in [0.3, 0.4) is 0 Å². The van der Waals surface area contributed by atoms with Crippen LogP contribution in [-0.2, 0) is 16.1 Å². The monoisotopic (exact) mass is 291 g/mol. The summed E-state index contributed by atoms with van der Waals surface area (Å²) in [6.45, 7) is 6.67. The molecule has 1 aromatic rings. The van der Waals surface area contributed by atoms with Crippen molar-refractivity contribution in [1.82, 2.24) is 15.5 Å². The van der Waals surface area contributed by atoms with Crippen molar-refractivity contribution >= 4 is 11.8 Å². The van der Waals surface area contributed by atoms with Gasteiger partial charge in [-0.3, -0.25) is 9.59 Å². The molecule has 21 heavy (non-hydrogen) atoms. The minimum atomic E-state index is -0.0610. The lowest BCUT2D eigenvalue weighted by molar-refractivity contribution is -0.131. The van der Waals surface area contributed by atoms with Crippen LogP contribution >= 0.6 is 0 Å². The SMILES string of the molecule is CCN(CC)C(=O)CCNCC(=O)NCc1ccccc1. The largest absolute Gasteiger partial charge is 0.351 e. The summed E-state index contributed by atoms with van der Waals surface area (Å²) >= 11 is 0. The fraction of sp³-hybridized carbons (Fsp3) is 0.500. The predicted molar refractivity (Wildman–Crippen MR) is 83.7 cm³/mol. The molecular weight excluding hydrogens is 266 g/mol. The van der Waals surface area contributed by atoms with Crippen molar-refractivity contribution in [3.05, 3.63) is 35.9 Å². The maximum absolute atomic E-state index is 11.7. The van der Waals surface area contributed by atoms with Crippen molar-refractivity contribution in [3.63, 3.8) is 0 Å². The highest BCUT2D eigenvalue weighted by atomic mass is 16.2. The number of hydrogen-bond donors (Lipinski definition) is 2. The van der Waals surface area contributed by atoms with Crippen LogP contribution in [0.2, 0.25) is 0 Å². The summed E-state index contributed by atoms with van der Waals surface area (Å²) in [5, 5.41) is 5.83. The summed E-state index contributed by atoms with van der Waals surface area (Å²) in [6.07, 6.45) is 0.424. The summed E-state index contributed by atoms with van der Waals surface area (Å²) in [6, 6.07) is 9.77. The Balaban J connectivity index is 2.12. The van der Waals surface area contributed by atoms with Crippen molar-refractivity contribution in [3.8, 4) is 0 Å². The Bertz CT molecular complexity index is 430. The van der Waals surface area contributed by atoms with E-state index in [1.54, 1.807) is 4.90 Å². The zero-order valence-corrected chi connectivity index (χ0v) is 12.9. The molecule has 0 unspecified atom stereocenters. The number of benzene rings is 1. The summed E-state index contributed by atoms with van der Waals surface area (Å²) in [5.41, 5.74) is 1.07. The van der Waals surface area contributed by atoms with Crippen LogP contribution < -0.4 is 10.6 Å². The van der Waals surface area contributed by atoms with Crippen molar-refractivity contribution in [2.24, 2.45) is 0 Å². The first kappa shape index (κ1) is 17.2. The lowest BCUT2D eigenvalue weighted by Gasteiger charge is -2.18. The third-order valence-electron chi connectivity index (χ3n) is 3.25. The molecule has 0 radical (unpaired) electrons. The number of nitrogens with zero attached hydrogens (tertiary/aromatic N) is 1. The van der Waals surface area contributed by atoms with Crippen LogP contribution in [0.4, 0.5) is 0 Å². The van der Waals surface area contributed by atoms with Gasteiger partial charge in [0.1, 0.15) is 0 Å². The third-order valence-corrected chi connectivity index (χ3v) is 3.25. The molecule has 0 aliphatic rings. The van der Waals surface area contributed by atoms with E-state index >= 15 is 0 Å². The Labute approximate surface area is 126 Å². The first-order valence-corrected chi connectivity index (χ1v) is 7.46. The molecule has 0 fully saturated rings. The number of carbonyl (C=O) groups excluding carboxylic acids is 2. The number of hydrogen-bond acceptors (Lipinski definition) is 3. The van der Waals surface area contributed by atoms with Gasteiger partial charge in [0.05, 0.1) is 6.54 Å². The second-order valence-electron chi connectivity index (χ2n) is 4.76. The lowest BCUT2D eigenvalue weighted by Crippen LogP contribution is -2.36. The van der Waals surface area contributed by atoms with Gasteiger partial charge in [-0.05, 0) is 19.4 Å². The van der Waals surface area contributed by atoms with E-state index in [1.807, 2.05) is 44.2 Å². The number of carbonyl (C=O) groups is 2. The van der Waals surface area contributed by atoms with Gasteiger partial charge in [0, 0.05) is 32.6 Å². The van der Waals surface area contributed by atoms with Crippen molar-refractivity contribution in [2.75, 3.05) is 26.2 Å². The minimum absolute atomic E-state index is 0.0610. The van der Waals surface area contributed by atoms with Gasteiger partial charge < -0.3 is 15.5 Å². The van der Waals surface area contributed by atoms with E-state index in [1.165, 1.54) is 0 Å². The summed E-state index contributed by atoms with van der Waals surface area (Å²) in [5.74, 6) is 0.0614. The van der Waals surface area contributed by atoms with Crippen LogP contribution in [0.15, 0.2) is 30.3 Å². The predicted octanol–water partition coefficient (Wildman–Crippen LogP) is 1.15. The van der Waals surface area contributed by atoms with Gasteiger partial charge in [-0.15, -0.1) is 0 Å². The zero-order chi connectivity index (χ0) is 15.5. The molecule has 0 aliphatic carbocycles. The maximum Gasteiger partial charge on any atom is 0.234 e. The molecule has 5 heteroatoms. The molecule has 0 saturated carbocycles. The van der Waals surface area contributed by atoms with Gasteiger partial charge in [0.25, 0.3) is 0 Å². The molecular formula is C16H25N3O2. The molecule has 0 saturated heterocycles. The molecule has 116 valence electrons. The number of amides is 2. The van der Waals surface area contributed by atoms with E-state index < -0.39 is 0 Å². The molecule has 5 nitrogen and oxygen atoms in total. The Hall–Kier alpha value is -1.88. The Morgan fingerprint density at radius 3 is 2.38 bits per heavy atom. The van der Waals surface area contributed by atoms with Crippen molar-refractivity contribution in [2.45, 2.75) is 26.8 Å². The average molecular weight is 291 g/mol. The minimum Gasteiger partial charge on any atom is -0.351 e. The van der Waals surface area contributed by atoms with Crippen LogP contribution in [0.5, 0.6) is 0 Å². The quantitative estimate of drug-likeness (QED) is 0.671. The van der Waals surface area contributed by atoms with Crippen molar-refractivity contribution in [1.29, 1.82) is 0 Å². The molecule has 0 aliphatic heterocycles. The standard InChI is InChI=1S/C16H25N3O2/c1-3-19(4-2)16(21)10-11-17-13-15(20)18-12-14-8-6-5-7-9-14/h5-9,17H,3-4,10-13H2,1-2H3,(H,18,20). The van der Waals surface area contributed by atoms with Gasteiger partial charge in [-0.1, -0.05) is 30.3 Å². The van der Waals surface area contributed by atoms with E-state index in [-0.39, 0.29) is 18.4 Å². The molecule has 2 N–H and O–H groups in total. The first-order chi connectivity index (χ1) is 10.2. The van der Waals surface area contributed by atoms with E-state index in [0.29, 0.717) is 19.5 Å². The van der Waals surface area contributed by atoms with Crippen LogP contribution in [0.25, 0.3) is 0 Å². The fourth-order valence-electron chi connectivity index (χ4n) is 1.99. The van der Waals surface area contributed by atoms with Gasteiger partial charge in [0.2, 0.25) is 11.8 Å². The van der Waals surface area contributed by atoms with Crippen LogP contribution in [0, 0.1) is 0 Å². The molecule has 0 bridgehead atoms. The van der Waals surface area contributed by atoms with Gasteiger partial charge in [-0.2, -0.15) is 0 Å². The lowest BCUT2D eigenvalue weighted by atomic mass is 10.2. The smallest absolute Gasteiger partial charge is 0.234 e. The van der Waals surface area contributed by atoms with Gasteiger partial charge >= 0.3 is 0 Å². The van der Waals surface area contributed by atoms with E-state index in [4.69, 9.17) is 0 Å². The third kappa shape index (κ3) is 6.90. The molecule has 1 rings (SSSR count). The van der Waals surface area contributed by atoms with Gasteiger partial charge in [0.15, 0.2) is 0 Å². The molecule has 0 spiro atoms. The maximum atomic E-state index is 11.7. The fourth-order valence-corrected chi connectivity index (χ4v) is 1.99. The van der Waals surface area contributed by atoms with E-state index in [2.05, 4.69) is 10.6 Å². The highest BCUT2D eigenvalue weighted by Crippen LogP contribution is 1.96. The Morgan fingerprint density at radius 1 is 1.10 bits per heavy atom. The summed E-state index contributed by atoms with van der Waals surface area (Å²) in [7, 11) is 0. The second-order valence-corrected chi connectivity index (χ2v) is 4.76. The molecule has 0 aromatic heterocycles. The molecule has 2 amide bonds. The summed E-state index contributed by atoms with van der Waals surface area (Å²) in [4.78, 5) is 25.2. The molecule has 1 aromatic carbocycles. The zero-order valence-electron chi connectivity index (χ0n) is 12.9. The highest BCUT2D eigenvalue weighted by Gasteiger charge is 2.08. The Kier molecular flexibility index (Phi) is 8.12. The topological polar surface area (TPSA) is 61.4 Å². The normalized spacial score (nSPS) is 10.2. The first-order valence-electron chi connectivity index (χ1n) is 7.46. The summed E-state index contributed by atoms with van der Waals surface area (Å²) < 4.78 is 0. The van der Waals surface area contributed by atoms with Gasteiger partial charge in [-0.25, -0.2) is 0 Å². The van der Waals surface area contributed by atoms with Crippen LogP contribution in [0.1, 0.15) is 25.8 Å². The molecule has 0 heterocycles. The second kappa shape index (κ2) is 9.94.